The molecule has 0 aliphatic carbocycles. The van der Waals surface area contributed by atoms with Gasteiger partial charge in [-0.05, 0) is 42.6 Å². The molecule has 160 valence electrons. The van der Waals surface area contributed by atoms with E-state index in [9.17, 15) is 4.79 Å². The number of aromatic nitrogens is 2. The topological polar surface area (TPSA) is 69.3 Å². The normalized spacial score (nSPS) is 12.2. The van der Waals surface area contributed by atoms with E-state index in [0.29, 0.717) is 13.2 Å². The standard InChI is InChI=1S/C26H23N3O3/c1-18(27-26(30)24-14-7-16-31-24)25-28-21-11-4-5-12-22(21)29(25)15-17-32-23-13-6-9-19-8-2-3-10-20(19)23/h2-14,16,18H,15,17H2,1H3,(H,27,30). The number of carbonyl (C=O) groups excluding carboxylic acids is 1. The zero-order valence-corrected chi connectivity index (χ0v) is 17.7. The zero-order chi connectivity index (χ0) is 21.9. The molecule has 5 aromatic rings. The van der Waals surface area contributed by atoms with Gasteiger partial charge in [-0.25, -0.2) is 4.98 Å². The zero-order valence-electron chi connectivity index (χ0n) is 17.7. The van der Waals surface area contributed by atoms with Crippen LogP contribution in [0.3, 0.4) is 0 Å². The number of nitrogens with one attached hydrogen (secondary N) is 1. The fourth-order valence-corrected chi connectivity index (χ4v) is 3.97. The molecule has 0 aliphatic rings. The molecule has 6 nitrogen and oxygen atoms in total. The molecule has 32 heavy (non-hydrogen) atoms. The Morgan fingerprint density at radius 1 is 1.03 bits per heavy atom. The fourth-order valence-electron chi connectivity index (χ4n) is 3.97. The predicted octanol–water partition coefficient (Wildman–Crippen LogP) is 5.35. The van der Waals surface area contributed by atoms with E-state index in [2.05, 4.69) is 28.1 Å². The lowest BCUT2D eigenvalue weighted by Gasteiger charge is -2.16. The molecule has 1 unspecified atom stereocenters. The maximum absolute atomic E-state index is 12.5. The van der Waals surface area contributed by atoms with Crippen LogP contribution in [0.5, 0.6) is 5.75 Å². The summed E-state index contributed by atoms with van der Waals surface area (Å²) in [6, 6.07) is 25.2. The molecule has 5 rings (SSSR count). The molecular weight excluding hydrogens is 402 g/mol. The summed E-state index contributed by atoms with van der Waals surface area (Å²) in [5.41, 5.74) is 1.88. The first-order chi connectivity index (χ1) is 15.7. The Balaban J connectivity index is 1.38. The lowest BCUT2D eigenvalue weighted by atomic mass is 10.1. The Labute approximate surface area is 185 Å². The average Bonchev–Trinajstić information content (AvgIpc) is 3.48. The number of hydrogen-bond acceptors (Lipinski definition) is 4. The Bertz CT molecular complexity index is 1370. The van der Waals surface area contributed by atoms with Gasteiger partial charge in [-0.2, -0.15) is 0 Å². The first-order valence-corrected chi connectivity index (χ1v) is 10.6. The fraction of sp³-hybridized carbons (Fsp3) is 0.154. The van der Waals surface area contributed by atoms with Crippen molar-refractivity contribution in [2.24, 2.45) is 0 Å². The summed E-state index contributed by atoms with van der Waals surface area (Å²) in [6.45, 7) is 2.99. The van der Waals surface area contributed by atoms with Crippen LogP contribution >= 0.6 is 0 Å². The number of benzene rings is 3. The molecule has 0 saturated heterocycles. The van der Waals surface area contributed by atoms with E-state index in [1.807, 2.05) is 55.5 Å². The third kappa shape index (κ3) is 3.83. The molecule has 0 fully saturated rings. The van der Waals surface area contributed by atoms with Crippen LogP contribution in [0.2, 0.25) is 0 Å². The SMILES string of the molecule is CC(NC(=O)c1ccco1)c1nc2ccccc2n1CCOc1cccc2ccccc12. The van der Waals surface area contributed by atoms with E-state index in [1.54, 1.807) is 12.1 Å². The largest absolute Gasteiger partial charge is 0.491 e. The minimum atomic E-state index is -0.308. The Kier molecular flexibility index (Phi) is 5.34. The summed E-state index contributed by atoms with van der Waals surface area (Å²) in [6.07, 6.45) is 1.49. The number of ether oxygens (including phenoxy) is 1. The summed E-state index contributed by atoms with van der Waals surface area (Å²) in [5.74, 6) is 1.63. The number of rotatable bonds is 7. The minimum absolute atomic E-state index is 0.270. The molecule has 1 amide bonds. The second kappa shape index (κ2) is 8.59. The van der Waals surface area contributed by atoms with Gasteiger partial charge in [0.2, 0.25) is 0 Å². The lowest BCUT2D eigenvalue weighted by Crippen LogP contribution is -2.28. The molecule has 2 heterocycles. The van der Waals surface area contributed by atoms with Crippen LogP contribution < -0.4 is 10.1 Å². The molecule has 0 aliphatic heterocycles. The number of furan rings is 1. The van der Waals surface area contributed by atoms with Gasteiger partial charge in [-0.15, -0.1) is 0 Å². The van der Waals surface area contributed by atoms with E-state index in [4.69, 9.17) is 14.1 Å². The van der Waals surface area contributed by atoms with Gasteiger partial charge in [-0.3, -0.25) is 4.79 Å². The molecule has 1 atom stereocenters. The third-order valence-electron chi connectivity index (χ3n) is 5.49. The van der Waals surface area contributed by atoms with Crippen LogP contribution in [0.25, 0.3) is 21.8 Å². The van der Waals surface area contributed by atoms with Gasteiger partial charge >= 0.3 is 0 Å². The van der Waals surface area contributed by atoms with Gasteiger partial charge in [0.1, 0.15) is 18.2 Å². The number of fused-ring (bicyclic) bond motifs is 2. The quantitative estimate of drug-likeness (QED) is 0.381. The molecular formula is C26H23N3O3. The number of amides is 1. The highest BCUT2D eigenvalue weighted by Crippen LogP contribution is 2.26. The van der Waals surface area contributed by atoms with E-state index < -0.39 is 0 Å². The van der Waals surface area contributed by atoms with Crippen LogP contribution in [0.1, 0.15) is 29.3 Å². The molecule has 3 aromatic carbocycles. The van der Waals surface area contributed by atoms with Gasteiger partial charge in [-0.1, -0.05) is 48.5 Å². The molecule has 0 spiro atoms. The highest BCUT2D eigenvalue weighted by Gasteiger charge is 2.20. The van der Waals surface area contributed by atoms with Gasteiger partial charge in [0, 0.05) is 5.39 Å². The highest BCUT2D eigenvalue weighted by atomic mass is 16.5. The minimum Gasteiger partial charge on any atom is -0.491 e. The van der Waals surface area contributed by atoms with Crippen molar-refractivity contribution in [2.75, 3.05) is 6.61 Å². The second-order valence-electron chi connectivity index (χ2n) is 7.61. The van der Waals surface area contributed by atoms with Crippen molar-refractivity contribution >= 4 is 27.7 Å². The smallest absolute Gasteiger partial charge is 0.287 e. The Morgan fingerprint density at radius 2 is 1.84 bits per heavy atom. The van der Waals surface area contributed by atoms with Crippen molar-refractivity contribution < 1.29 is 13.9 Å². The molecule has 6 heteroatoms. The van der Waals surface area contributed by atoms with Crippen LogP contribution in [0.4, 0.5) is 0 Å². The molecule has 0 bridgehead atoms. The number of hydrogen-bond donors (Lipinski definition) is 1. The van der Waals surface area contributed by atoms with Crippen LogP contribution in [0, 0.1) is 0 Å². The maximum atomic E-state index is 12.5. The molecule has 1 N–H and O–H groups in total. The summed E-state index contributed by atoms with van der Waals surface area (Å²) >= 11 is 0. The van der Waals surface area contributed by atoms with Crippen molar-refractivity contribution in [3.63, 3.8) is 0 Å². The van der Waals surface area contributed by atoms with E-state index in [1.165, 1.54) is 6.26 Å². The Morgan fingerprint density at radius 3 is 2.72 bits per heavy atom. The van der Waals surface area contributed by atoms with E-state index >= 15 is 0 Å². The van der Waals surface area contributed by atoms with E-state index in [0.717, 1.165) is 33.4 Å². The predicted molar refractivity (Wildman–Crippen MR) is 124 cm³/mol. The monoisotopic (exact) mass is 425 g/mol. The highest BCUT2D eigenvalue weighted by molar-refractivity contribution is 5.91. The Hall–Kier alpha value is -4.06. The van der Waals surface area contributed by atoms with Crippen molar-refractivity contribution in [1.29, 1.82) is 0 Å². The first kappa shape index (κ1) is 19.9. The van der Waals surface area contributed by atoms with Gasteiger partial charge < -0.3 is 19.0 Å². The van der Waals surface area contributed by atoms with Crippen LogP contribution in [-0.2, 0) is 6.54 Å². The molecule has 2 aromatic heterocycles. The van der Waals surface area contributed by atoms with E-state index in [-0.39, 0.29) is 17.7 Å². The number of imidazole rings is 1. The average molecular weight is 425 g/mol. The van der Waals surface area contributed by atoms with Gasteiger partial charge in [0.15, 0.2) is 5.76 Å². The first-order valence-electron chi connectivity index (χ1n) is 10.6. The van der Waals surface area contributed by atoms with Crippen molar-refractivity contribution in [1.82, 2.24) is 14.9 Å². The van der Waals surface area contributed by atoms with Crippen LogP contribution in [0.15, 0.2) is 89.5 Å². The maximum Gasteiger partial charge on any atom is 0.287 e. The molecule has 0 saturated carbocycles. The summed E-state index contributed by atoms with van der Waals surface area (Å²) < 4.78 is 13.5. The third-order valence-corrected chi connectivity index (χ3v) is 5.49. The number of carbonyl (C=O) groups is 1. The molecule has 0 radical (unpaired) electrons. The van der Waals surface area contributed by atoms with Gasteiger partial charge in [0.25, 0.3) is 5.91 Å². The van der Waals surface area contributed by atoms with Crippen LogP contribution in [-0.4, -0.2) is 22.1 Å². The lowest BCUT2D eigenvalue weighted by molar-refractivity contribution is 0.0909. The number of nitrogens with zero attached hydrogens (tertiary/aromatic N) is 2. The van der Waals surface area contributed by atoms with Gasteiger partial charge in [0.05, 0.1) is 29.9 Å². The number of para-hydroxylation sites is 2. The second-order valence-corrected chi connectivity index (χ2v) is 7.61. The van der Waals surface area contributed by atoms with Crippen molar-refractivity contribution in [2.45, 2.75) is 19.5 Å². The van der Waals surface area contributed by atoms with Crippen molar-refractivity contribution in [3.8, 4) is 5.75 Å². The summed E-state index contributed by atoms with van der Waals surface area (Å²) in [5, 5.41) is 5.21. The van der Waals surface area contributed by atoms with Crippen molar-refractivity contribution in [3.05, 3.63) is 96.7 Å². The summed E-state index contributed by atoms with van der Waals surface area (Å²) in [7, 11) is 0. The summed E-state index contributed by atoms with van der Waals surface area (Å²) in [4.78, 5) is 17.3.